The summed E-state index contributed by atoms with van der Waals surface area (Å²) in [6.07, 6.45) is 8.09. The second-order valence-corrected chi connectivity index (χ2v) is 12.1. The Hall–Kier alpha value is -6.42. The lowest BCUT2D eigenvalue weighted by atomic mass is 10.1. The molecule has 8 rings (SSSR count). The van der Waals surface area contributed by atoms with E-state index in [-0.39, 0.29) is 13.2 Å². The Balaban J connectivity index is 0.000000162. The number of nitrogens with zero attached hydrogens (tertiary/aromatic N) is 4. The second kappa shape index (κ2) is 15.2. The van der Waals surface area contributed by atoms with Crippen LogP contribution in [0.5, 0.6) is 17.2 Å². The number of aromatic nitrogens is 4. The van der Waals surface area contributed by atoms with Gasteiger partial charge in [0.2, 0.25) is 0 Å². The van der Waals surface area contributed by atoms with E-state index in [9.17, 15) is 10.2 Å². The SMILES string of the molecule is COc1ccc(-c2cn3cc(-c4cccc(CO)c4)ccc3n2)c(OC)c1.COc1ccccc1-c1cn2cc(-c3cccc(CO)c3)ccc2n1. The average molecular weight is 691 g/mol. The normalized spacial score (nSPS) is 10.9. The summed E-state index contributed by atoms with van der Waals surface area (Å²) in [7, 11) is 4.94. The summed E-state index contributed by atoms with van der Waals surface area (Å²) in [5.74, 6) is 2.26. The zero-order valence-corrected chi connectivity index (χ0v) is 29.1. The number of fused-ring (bicyclic) bond motifs is 2. The minimum atomic E-state index is 0.0303. The Morgan fingerprint density at radius 3 is 1.54 bits per heavy atom. The van der Waals surface area contributed by atoms with Gasteiger partial charge in [-0.2, -0.15) is 0 Å². The van der Waals surface area contributed by atoms with Crippen molar-refractivity contribution in [2.45, 2.75) is 13.2 Å². The number of aliphatic hydroxyl groups excluding tert-OH is 2. The third-order valence-corrected chi connectivity index (χ3v) is 8.86. The smallest absolute Gasteiger partial charge is 0.137 e. The fourth-order valence-electron chi connectivity index (χ4n) is 6.15. The Labute approximate surface area is 301 Å². The number of aliphatic hydroxyl groups is 2. The molecule has 9 nitrogen and oxygen atoms in total. The van der Waals surface area contributed by atoms with Crippen molar-refractivity contribution >= 4 is 11.3 Å². The van der Waals surface area contributed by atoms with Gasteiger partial charge in [0.15, 0.2) is 0 Å². The molecule has 0 spiro atoms. The van der Waals surface area contributed by atoms with Crippen LogP contribution >= 0.6 is 0 Å². The van der Waals surface area contributed by atoms with Crippen molar-refractivity contribution in [1.29, 1.82) is 0 Å². The summed E-state index contributed by atoms with van der Waals surface area (Å²) in [5, 5.41) is 18.7. The van der Waals surface area contributed by atoms with Crippen LogP contribution in [0.25, 0.3) is 56.1 Å². The molecule has 4 aromatic carbocycles. The van der Waals surface area contributed by atoms with Crippen LogP contribution in [0.15, 0.2) is 140 Å². The monoisotopic (exact) mass is 690 g/mol. The first-order valence-corrected chi connectivity index (χ1v) is 16.7. The van der Waals surface area contributed by atoms with Crippen molar-refractivity contribution in [1.82, 2.24) is 18.8 Å². The Morgan fingerprint density at radius 2 is 1.02 bits per heavy atom. The van der Waals surface area contributed by atoms with Gasteiger partial charge in [0, 0.05) is 42.0 Å². The lowest BCUT2D eigenvalue weighted by Gasteiger charge is -2.08. The molecule has 0 bridgehead atoms. The zero-order chi connectivity index (χ0) is 36.0. The highest BCUT2D eigenvalue weighted by atomic mass is 16.5. The van der Waals surface area contributed by atoms with Crippen molar-refractivity contribution in [2.75, 3.05) is 21.3 Å². The number of methoxy groups -OCH3 is 3. The number of hydrogen-bond donors (Lipinski definition) is 2. The van der Waals surface area contributed by atoms with Gasteiger partial charge in [-0.1, -0.05) is 48.5 Å². The molecule has 2 N–H and O–H groups in total. The molecular weight excluding hydrogens is 652 g/mol. The second-order valence-electron chi connectivity index (χ2n) is 12.1. The lowest BCUT2D eigenvalue weighted by molar-refractivity contribution is 0.281. The maximum atomic E-state index is 9.36. The van der Waals surface area contributed by atoms with Gasteiger partial charge in [-0.05, 0) is 94.0 Å². The Morgan fingerprint density at radius 1 is 0.481 bits per heavy atom. The molecule has 0 radical (unpaired) electrons. The molecule has 0 atom stereocenters. The van der Waals surface area contributed by atoms with E-state index >= 15 is 0 Å². The van der Waals surface area contributed by atoms with Crippen LogP contribution in [0.3, 0.4) is 0 Å². The lowest BCUT2D eigenvalue weighted by Crippen LogP contribution is -1.90. The average Bonchev–Trinajstić information content (AvgIpc) is 3.84. The molecule has 0 amide bonds. The summed E-state index contributed by atoms with van der Waals surface area (Å²) in [6.45, 7) is 0.0711. The number of pyridine rings is 2. The maximum absolute atomic E-state index is 9.36. The van der Waals surface area contributed by atoms with Gasteiger partial charge in [-0.3, -0.25) is 0 Å². The molecule has 0 aliphatic rings. The fourth-order valence-corrected chi connectivity index (χ4v) is 6.15. The Bertz CT molecular complexity index is 2480. The highest BCUT2D eigenvalue weighted by molar-refractivity contribution is 5.73. The maximum Gasteiger partial charge on any atom is 0.137 e. The highest BCUT2D eigenvalue weighted by Crippen LogP contribution is 2.34. The van der Waals surface area contributed by atoms with Gasteiger partial charge < -0.3 is 33.2 Å². The van der Waals surface area contributed by atoms with Crippen molar-refractivity contribution in [3.8, 4) is 62.0 Å². The third kappa shape index (κ3) is 7.09. The van der Waals surface area contributed by atoms with Crippen LogP contribution in [-0.2, 0) is 13.2 Å². The zero-order valence-electron chi connectivity index (χ0n) is 29.1. The molecule has 0 fully saturated rings. The molecule has 0 unspecified atom stereocenters. The summed E-state index contributed by atoms with van der Waals surface area (Å²) in [6, 6.07) is 37.4. The summed E-state index contributed by atoms with van der Waals surface area (Å²) in [4.78, 5) is 9.42. The van der Waals surface area contributed by atoms with E-state index in [4.69, 9.17) is 24.2 Å². The fraction of sp³-hybridized carbons (Fsp3) is 0.116. The highest BCUT2D eigenvalue weighted by Gasteiger charge is 2.13. The molecule has 0 saturated carbocycles. The first kappa shape index (κ1) is 34.0. The number of imidazole rings is 2. The van der Waals surface area contributed by atoms with E-state index in [0.717, 1.165) is 78.7 Å². The van der Waals surface area contributed by atoms with Gasteiger partial charge in [-0.25, -0.2) is 9.97 Å². The first-order valence-electron chi connectivity index (χ1n) is 16.7. The van der Waals surface area contributed by atoms with Crippen LogP contribution < -0.4 is 14.2 Å². The standard InChI is InChI=1S/C22H20N2O3.C21H18N2O2/c1-26-18-7-8-19(21(11-18)27-2)20-13-24-12-17(6-9-22(24)23-20)16-5-3-4-15(10-16)14-25;1-25-20-8-3-2-7-18(20)19-13-23-12-17(9-10-21(23)22-19)16-6-4-5-15(11-16)14-24/h3-13,25H,14H2,1-2H3;2-13,24H,14H2,1H3. The molecule has 4 heterocycles. The van der Waals surface area contributed by atoms with Crippen molar-refractivity contribution in [2.24, 2.45) is 0 Å². The molecule has 8 aromatic rings. The van der Waals surface area contributed by atoms with E-state index in [1.54, 1.807) is 21.3 Å². The minimum absolute atomic E-state index is 0.0303. The molecule has 4 aromatic heterocycles. The molecule has 9 heteroatoms. The molecule has 0 aliphatic carbocycles. The topological polar surface area (TPSA) is 103 Å². The van der Waals surface area contributed by atoms with E-state index < -0.39 is 0 Å². The summed E-state index contributed by atoms with van der Waals surface area (Å²) < 4.78 is 20.2. The van der Waals surface area contributed by atoms with Crippen LogP contribution in [-0.4, -0.2) is 50.3 Å². The third-order valence-electron chi connectivity index (χ3n) is 8.86. The Kier molecular flexibility index (Phi) is 9.97. The van der Waals surface area contributed by atoms with Gasteiger partial charge in [0.25, 0.3) is 0 Å². The molecule has 52 heavy (non-hydrogen) atoms. The predicted octanol–water partition coefficient (Wildman–Crippen LogP) is 8.35. The minimum Gasteiger partial charge on any atom is -0.497 e. The van der Waals surface area contributed by atoms with E-state index in [0.29, 0.717) is 5.75 Å². The number of rotatable bonds is 9. The van der Waals surface area contributed by atoms with Gasteiger partial charge in [-0.15, -0.1) is 0 Å². The predicted molar refractivity (Wildman–Crippen MR) is 204 cm³/mol. The molecule has 0 aliphatic heterocycles. The number of hydrogen-bond acceptors (Lipinski definition) is 7. The number of ether oxygens (including phenoxy) is 3. The van der Waals surface area contributed by atoms with Crippen LogP contribution in [0.1, 0.15) is 11.1 Å². The molecule has 260 valence electrons. The number of para-hydroxylation sites is 1. The van der Waals surface area contributed by atoms with Gasteiger partial charge in [0.1, 0.15) is 28.5 Å². The van der Waals surface area contributed by atoms with E-state index in [1.807, 2.05) is 143 Å². The van der Waals surface area contributed by atoms with E-state index in [2.05, 4.69) is 6.20 Å². The van der Waals surface area contributed by atoms with Crippen molar-refractivity contribution in [3.05, 3.63) is 151 Å². The van der Waals surface area contributed by atoms with Gasteiger partial charge >= 0.3 is 0 Å². The molecule has 0 saturated heterocycles. The summed E-state index contributed by atoms with van der Waals surface area (Å²) >= 11 is 0. The van der Waals surface area contributed by atoms with Crippen LogP contribution in [0, 0.1) is 0 Å². The number of benzene rings is 4. The van der Waals surface area contributed by atoms with Crippen LogP contribution in [0.4, 0.5) is 0 Å². The first-order chi connectivity index (χ1) is 25.5. The quantitative estimate of drug-likeness (QED) is 0.157. The van der Waals surface area contributed by atoms with E-state index in [1.165, 1.54) is 0 Å². The van der Waals surface area contributed by atoms with Crippen molar-refractivity contribution in [3.63, 3.8) is 0 Å². The van der Waals surface area contributed by atoms with Gasteiger partial charge in [0.05, 0.1) is 45.9 Å². The van der Waals surface area contributed by atoms with Crippen LogP contribution in [0.2, 0.25) is 0 Å². The van der Waals surface area contributed by atoms with Crippen molar-refractivity contribution < 1.29 is 24.4 Å². The summed E-state index contributed by atoms with van der Waals surface area (Å²) in [5.41, 5.74) is 11.4. The molecular formula is C43H38N4O5. The largest absolute Gasteiger partial charge is 0.497 e.